The summed E-state index contributed by atoms with van der Waals surface area (Å²) in [6.07, 6.45) is 9.98. The van der Waals surface area contributed by atoms with Crippen molar-refractivity contribution in [2.45, 2.75) is 76.9 Å². The Bertz CT molecular complexity index is 258. The van der Waals surface area contributed by atoms with Crippen LogP contribution in [-0.4, -0.2) is 46.3 Å². The molecule has 0 radical (unpaired) electrons. The normalized spacial score (nSPS) is 23.9. The molecule has 0 aromatic rings. The van der Waals surface area contributed by atoms with E-state index < -0.39 is 18.1 Å². The van der Waals surface area contributed by atoms with Crippen molar-refractivity contribution in [3.8, 4) is 0 Å². The molecule has 0 aromatic carbocycles. The van der Waals surface area contributed by atoms with Gasteiger partial charge in [-0.25, -0.2) is 0 Å². The largest absolute Gasteiger partial charge is 0.480 e. The van der Waals surface area contributed by atoms with E-state index in [-0.39, 0.29) is 0 Å². The van der Waals surface area contributed by atoms with Crippen LogP contribution in [-0.2, 0) is 4.79 Å². The first kappa shape index (κ1) is 16.4. The Kier molecular flexibility index (Phi) is 8.07. The fourth-order valence-corrected chi connectivity index (χ4v) is 2.83. The zero-order valence-corrected chi connectivity index (χ0v) is 12.2. The van der Waals surface area contributed by atoms with Crippen molar-refractivity contribution in [2.24, 2.45) is 0 Å². The highest BCUT2D eigenvalue weighted by atomic mass is 16.4. The molecule has 0 aromatic heterocycles. The molecule has 2 unspecified atom stereocenters. The number of carboxylic acid groups (broad SMARTS) is 1. The maximum Gasteiger partial charge on any atom is 0.321 e. The second-order valence-electron chi connectivity index (χ2n) is 5.71. The summed E-state index contributed by atoms with van der Waals surface area (Å²) in [6.45, 7) is 3.56. The van der Waals surface area contributed by atoms with Crippen molar-refractivity contribution in [1.82, 2.24) is 4.90 Å². The smallest absolute Gasteiger partial charge is 0.321 e. The van der Waals surface area contributed by atoms with Crippen molar-refractivity contribution < 1.29 is 15.0 Å². The number of carboxylic acids is 1. The van der Waals surface area contributed by atoms with Gasteiger partial charge >= 0.3 is 5.97 Å². The van der Waals surface area contributed by atoms with Gasteiger partial charge in [0, 0.05) is 13.0 Å². The maximum atomic E-state index is 11.0. The molecule has 1 aliphatic rings. The van der Waals surface area contributed by atoms with E-state index in [2.05, 4.69) is 6.92 Å². The molecule has 4 nitrogen and oxygen atoms in total. The van der Waals surface area contributed by atoms with E-state index in [0.29, 0.717) is 13.0 Å². The van der Waals surface area contributed by atoms with Gasteiger partial charge in [-0.1, -0.05) is 51.9 Å². The molecule has 0 spiro atoms. The molecule has 1 fully saturated rings. The summed E-state index contributed by atoms with van der Waals surface area (Å²) in [6, 6.07) is -0.473. The van der Waals surface area contributed by atoms with Crippen LogP contribution in [0.5, 0.6) is 0 Å². The minimum atomic E-state index is -0.795. The van der Waals surface area contributed by atoms with Crippen molar-refractivity contribution in [3.05, 3.63) is 0 Å². The van der Waals surface area contributed by atoms with Crippen molar-refractivity contribution in [3.63, 3.8) is 0 Å². The van der Waals surface area contributed by atoms with Crippen LogP contribution in [0.1, 0.15) is 64.7 Å². The van der Waals surface area contributed by atoms with Gasteiger partial charge in [0.25, 0.3) is 0 Å². The molecule has 0 saturated carbocycles. The van der Waals surface area contributed by atoms with Crippen LogP contribution in [0.3, 0.4) is 0 Å². The van der Waals surface area contributed by atoms with Crippen molar-refractivity contribution >= 4 is 5.97 Å². The zero-order chi connectivity index (χ0) is 14.1. The summed E-state index contributed by atoms with van der Waals surface area (Å²) >= 11 is 0. The van der Waals surface area contributed by atoms with Gasteiger partial charge < -0.3 is 10.2 Å². The molecule has 2 N–H and O–H groups in total. The number of nitrogens with zero attached hydrogens (tertiary/aromatic N) is 1. The van der Waals surface area contributed by atoms with E-state index in [9.17, 15) is 9.90 Å². The summed E-state index contributed by atoms with van der Waals surface area (Å²) in [7, 11) is 0. The zero-order valence-electron chi connectivity index (χ0n) is 12.2. The third kappa shape index (κ3) is 6.39. The van der Waals surface area contributed by atoms with E-state index in [1.54, 1.807) is 0 Å². The number of hydrogen-bond donors (Lipinski definition) is 2. The Labute approximate surface area is 116 Å². The molecule has 2 atom stereocenters. The lowest BCUT2D eigenvalue weighted by Crippen LogP contribution is -2.36. The highest BCUT2D eigenvalue weighted by molar-refractivity contribution is 5.74. The number of carbonyl (C=O) groups is 1. The minimum Gasteiger partial charge on any atom is -0.480 e. The van der Waals surface area contributed by atoms with Gasteiger partial charge in [-0.3, -0.25) is 9.69 Å². The number of aliphatic carboxylic acids is 1. The molecule has 4 heteroatoms. The molecule has 112 valence electrons. The van der Waals surface area contributed by atoms with Crippen LogP contribution in [0.25, 0.3) is 0 Å². The van der Waals surface area contributed by atoms with Crippen LogP contribution in [0.2, 0.25) is 0 Å². The van der Waals surface area contributed by atoms with Crippen LogP contribution < -0.4 is 0 Å². The maximum absolute atomic E-state index is 11.0. The molecule has 0 aliphatic carbocycles. The lowest BCUT2D eigenvalue weighted by Gasteiger charge is -2.20. The number of β-amino-alcohol motifs (C(OH)–C–C–N with tert-alkyl or cyclic N) is 1. The average Bonchev–Trinajstić information content (AvgIpc) is 2.74. The molecule has 1 aliphatic heterocycles. The fraction of sp³-hybridized carbons (Fsp3) is 0.933. The lowest BCUT2D eigenvalue weighted by molar-refractivity contribution is -0.142. The predicted octanol–water partition coefficient (Wildman–Crippen LogP) is 2.65. The standard InChI is InChI=1S/C15H29NO3/c1-2-3-4-5-6-7-8-9-10-16-12-13(17)11-14(16)15(18)19/h13-14,17H,2-12H2,1H3,(H,18,19). The van der Waals surface area contributed by atoms with Gasteiger partial charge in [0.05, 0.1) is 6.10 Å². The van der Waals surface area contributed by atoms with Gasteiger partial charge in [-0.05, 0) is 13.0 Å². The average molecular weight is 271 g/mol. The van der Waals surface area contributed by atoms with Crippen LogP contribution in [0, 0.1) is 0 Å². The summed E-state index contributed by atoms with van der Waals surface area (Å²) in [5, 5.41) is 18.6. The second kappa shape index (κ2) is 9.32. The Morgan fingerprint density at radius 1 is 1.11 bits per heavy atom. The molecule has 1 saturated heterocycles. The van der Waals surface area contributed by atoms with Gasteiger partial charge in [-0.15, -0.1) is 0 Å². The molecule has 1 heterocycles. The first-order valence-electron chi connectivity index (χ1n) is 7.80. The van der Waals surface area contributed by atoms with E-state index in [4.69, 9.17) is 5.11 Å². The molecular weight excluding hydrogens is 242 g/mol. The molecular formula is C15H29NO3. The highest BCUT2D eigenvalue weighted by Gasteiger charge is 2.35. The Balaban J connectivity index is 2.04. The van der Waals surface area contributed by atoms with E-state index in [0.717, 1.165) is 13.0 Å². The molecule has 0 bridgehead atoms. The number of likely N-dealkylation sites (tertiary alicyclic amines) is 1. The van der Waals surface area contributed by atoms with Gasteiger partial charge in [-0.2, -0.15) is 0 Å². The second-order valence-corrected chi connectivity index (χ2v) is 5.71. The van der Waals surface area contributed by atoms with E-state index >= 15 is 0 Å². The van der Waals surface area contributed by atoms with Crippen molar-refractivity contribution in [1.29, 1.82) is 0 Å². The number of unbranched alkanes of at least 4 members (excludes halogenated alkanes) is 7. The third-order valence-electron chi connectivity index (χ3n) is 3.97. The highest BCUT2D eigenvalue weighted by Crippen LogP contribution is 2.19. The van der Waals surface area contributed by atoms with Gasteiger partial charge in [0.1, 0.15) is 6.04 Å². The van der Waals surface area contributed by atoms with Gasteiger partial charge in [0.2, 0.25) is 0 Å². The number of rotatable bonds is 10. The molecule has 19 heavy (non-hydrogen) atoms. The number of aliphatic hydroxyl groups is 1. The number of aliphatic hydroxyl groups excluding tert-OH is 1. The third-order valence-corrected chi connectivity index (χ3v) is 3.97. The first-order chi connectivity index (χ1) is 9.15. The topological polar surface area (TPSA) is 60.8 Å². The van der Waals surface area contributed by atoms with E-state index in [1.807, 2.05) is 4.90 Å². The molecule has 0 amide bonds. The van der Waals surface area contributed by atoms with Crippen molar-refractivity contribution in [2.75, 3.05) is 13.1 Å². The molecule has 1 rings (SSSR count). The van der Waals surface area contributed by atoms with Gasteiger partial charge in [0.15, 0.2) is 0 Å². The van der Waals surface area contributed by atoms with Crippen LogP contribution in [0.15, 0.2) is 0 Å². The van der Waals surface area contributed by atoms with Crippen LogP contribution in [0.4, 0.5) is 0 Å². The SMILES string of the molecule is CCCCCCCCCCN1CC(O)CC1C(=O)O. The van der Waals surface area contributed by atoms with Crippen LogP contribution >= 0.6 is 0 Å². The summed E-state index contributed by atoms with van der Waals surface area (Å²) in [4.78, 5) is 13.0. The Morgan fingerprint density at radius 3 is 2.26 bits per heavy atom. The first-order valence-corrected chi connectivity index (χ1v) is 7.80. The van der Waals surface area contributed by atoms with E-state index in [1.165, 1.54) is 44.9 Å². The monoisotopic (exact) mass is 271 g/mol. The number of hydrogen-bond acceptors (Lipinski definition) is 3. The summed E-state index contributed by atoms with van der Waals surface area (Å²) in [5.41, 5.74) is 0. The predicted molar refractivity (Wildman–Crippen MR) is 76.2 cm³/mol. The quantitative estimate of drug-likeness (QED) is 0.600. The Hall–Kier alpha value is -0.610. The minimum absolute atomic E-state index is 0.381. The fourth-order valence-electron chi connectivity index (χ4n) is 2.83. The summed E-state index contributed by atoms with van der Waals surface area (Å²) < 4.78 is 0. The summed E-state index contributed by atoms with van der Waals surface area (Å²) in [5.74, 6) is -0.795. The Morgan fingerprint density at radius 2 is 1.68 bits per heavy atom. The lowest BCUT2D eigenvalue weighted by atomic mass is 10.1.